The fraction of sp³-hybridized carbons (Fsp3) is 0.929. The summed E-state index contributed by atoms with van der Waals surface area (Å²) in [6, 6.07) is 0.594. The van der Waals surface area contributed by atoms with Crippen LogP contribution < -0.4 is 10.6 Å². The maximum absolute atomic E-state index is 5.61. The highest BCUT2D eigenvalue weighted by Gasteiger charge is 2.20. The molecule has 0 spiro atoms. The van der Waals surface area contributed by atoms with E-state index in [9.17, 15) is 0 Å². The molecule has 1 aliphatic carbocycles. The van der Waals surface area contributed by atoms with Crippen molar-refractivity contribution in [2.24, 2.45) is 10.9 Å². The summed E-state index contributed by atoms with van der Waals surface area (Å²) in [6.07, 6.45) is 7.93. The van der Waals surface area contributed by atoms with Crippen molar-refractivity contribution in [3.8, 4) is 0 Å². The molecule has 1 atom stereocenters. The van der Waals surface area contributed by atoms with Crippen molar-refractivity contribution in [2.45, 2.75) is 57.6 Å². The van der Waals surface area contributed by atoms with E-state index in [2.05, 4.69) is 22.5 Å². The molecule has 0 bridgehead atoms. The topological polar surface area (TPSA) is 45.7 Å². The molecule has 0 radical (unpaired) electrons. The van der Waals surface area contributed by atoms with Crippen molar-refractivity contribution in [1.29, 1.82) is 0 Å². The Labute approximate surface area is 111 Å². The molecule has 2 aliphatic rings. The zero-order chi connectivity index (χ0) is 12.8. The van der Waals surface area contributed by atoms with Gasteiger partial charge in [0.05, 0.1) is 6.10 Å². The van der Waals surface area contributed by atoms with Gasteiger partial charge in [-0.2, -0.15) is 0 Å². The van der Waals surface area contributed by atoms with Crippen LogP contribution >= 0.6 is 0 Å². The molecule has 1 unspecified atom stereocenters. The third kappa shape index (κ3) is 4.16. The van der Waals surface area contributed by atoms with E-state index >= 15 is 0 Å². The molecule has 104 valence electrons. The van der Waals surface area contributed by atoms with Gasteiger partial charge >= 0.3 is 0 Å². The van der Waals surface area contributed by atoms with Crippen LogP contribution in [0.2, 0.25) is 0 Å². The van der Waals surface area contributed by atoms with Crippen LogP contribution in [0.15, 0.2) is 4.99 Å². The lowest BCUT2D eigenvalue weighted by Crippen LogP contribution is -2.46. The number of hydrogen-bond acceptors (Lipinski definition) is 2. The molecule has 0 aromatic carbocycles. The first-order valence-corrected chi connectivity index (χ1v) is 7.36. The summed E-state index contributed by atoms with van der Waals surface area (Å²) >= 11 is 0. The molecular weight excluding hydrogens is 226 g/mol. The minimum atomic E-state index is 0.370. The Kier molecular flexibility index (Phi) is 5.29. The predicted molar refractivity (Wildman–Crippen MR) is 74.9 cm³/mol. The van der Waals surface area contributed by atoms with Crippen LogP contribution in [0.4, 0.5) is 0 Å². The summed E-state index contributed by atoms with van der Waals surface area (Å²) in [6.45, 7) is 4.14. The van der Waals surface area contributed by atoms with E-state index in [4.69, 9.17) is 4.74 Å². The van der Waals surface area contributed by atoms with Gasteiger partial charge in [-0.1, -0.05) is 6.92 Å². The van der Waals surface area contributed by atoms with Crippen LogP contribution in [-0.4, -0.2) is 38.3 Å². The number of rotatable bonds is 3. The van der Waals surface area contributed by atoms with Crippen molar-refractivity contribution in [2.75, 3.05) is 20.2 Å². The zero-order valence-corrected chi connectivity index (χ0v) is 11.7. The van der Waals surface area contributed by atoms with Gasteiger partial charge < -0.3 is 15.4 Å². The molecule has 18 heavy (non-hydrogen) atoms. The summed E-state index contributed by atoms with van der Waals surface area (Å²) in [5, 5.41) is 6.92. The van der Waals surface area contributed by atoms with Crippen molar-refractivity contribution in [3.63, 3.8) is 0 Å². The summed E-state index contributed by atoms with van der Waals surface area (Å²) in [4.78, 5) is 4.30. The number of nitrogens with zero attached hydrogens (tertiary/aromatic N) is 1. The Balaban J connectivity index is 1.68. The molecule has 0 aromatic rings. The van der Waals surface area contributed by atoms with E-state index in [1.54, 1.807) is 0 Å². The molecule has 2 N–H and O–H groups in total. The standard InChI is InChI=1S/C14H27N3O/c1-11-5-7-12(8-6-11)17-14(15-2)16-10-13-4-3-9-18-13/h11-13H,3-10H2,1-2H3,(H2,15,16,17). The molecule has 4 nitrogen and oxygen atoms in total. The molecular formula is C14H27N3O. The van der Waals surface area contributed by atoms with E-state index in [1.165, 1.54) is 38.5 Å². The van der Waals surface area contributed by atoms with E-state index < -0.39 is 0 Å². The van der Waals surface area contributed by atoms with E-state index in [0.717, 1.165) is 25.0 Å². The van der Waals surface area contributed by atoms with Crippen LogP contribution in [-0.2, 0) is 4.74 Å². The van der Waals surface area contributed by atoms with Gasteiger partial charge in [0.2, 0.25) is 0 Å². The molecule has 0 aromatic heterocycles. The number of guanidine groups is 1. The first-order chi connectivity index (χ1) is 8.78. The van der Waals surface area contributed by atoms with Crippen molar-refractivity contribution >= 4 is 5.96 Å². The molecule has 2 rings (SSSR count). The monoisotopic (exact) mass is 253 g/mol. The molecule has 2 fully saturated rings. The van der Waals surface area contributed by atoms with Crippen LogP contribution in [0.5, 0.6) is 0 Å². The van der Waals surface area contributed by atoms with Gasteiger partial charge in [-0.05, 0) is 44.4 Å². The normalized spacial score (nSPS) is 33.4. The fourth-order valence-corrected chi connectivity index (χ4v) is 2.81. The summed E-state index contributed by atoms with van der Waals surface area (Å²) in [5.41, 5.74) is 0. The average Bonchev–Trinajstić information content (AvgIpc) is 2.90. The summed E-state index contributed by atoms with van der Waals surface area (Å²) in [7, 11) is 1.84. The average molecular weight is 253 g/mol. The highest BCUT2D eigenvalue weighted by atomic mass is 16.5. The maximum Gasteiger partial charge on any atom is 0.191 e. The molecule has 4 heteroatoms. The maximum atomic E-state index is 5.61. The Hall–Kier alpha value is -0.770. The molecule has 1 heterocycles. The van der Waals surface area contributed by atoms with Gasteiger partial charge in [0, 0.05) is 26.2 Å². The first-order valence-electron chi connectivity index (χ1n) is 7.36. The van der Waals surface area contributed by atoms with E-state index in [1.807, 2.05) is 7.05 Å². The SMILES string of the molecule is CN=C(NCC1CCCO1)NC1CCC(C)CC1. The summed E-state index contributed by atoms with van der Waals surface area (Å²) < 4.78 is 5.61. The van der Waals surface area contributed by atoms with Crippen molar-refractivity contribution < 1.29 is 4.74 Å². The molecule has 1 saturated heterocycles. The fourth-order valence-electron chi connectivity index (χ4n) is 2.81. The van der Waals surface area contributed by atoms with Gasteiger partial charge in [0.1, 0.15) is 0 Å². The lowest BCUT2D eigenvalue weighted by atomic mass is 9.87. The summed E-state index contributed by atoms with van der Waals surface area (Å²) in [5.74, 6) is 1.83. The van der Waals surface area contributed by atoms with Crippen LogP contribution in [0.1, 0.15) is 45.4 Å². The Morgan fingerprint density at radius 2 is 2.00 bits per heavy atom. The number of hydrogen-bond donors (Lipinski definition) is 2. The van der Waals surface area contributed by atoms with Crippen LogP contribution in [0.3, 0.4) is 0 Å². The number of aliphatic imine (C=N–C) groups is 1. The highest BCUT2D eigenvalue weighted by Crippen LogP contribution is 2.23. The molecule has 1 aliphatic heterocycles. The van der Waals surface area contributed by atoms with Gasteiger partial charge in [-0.25, -0.2) is 0 Å². The minimum Gasteiger partial charge on any atom is -0.376 e. The molecule has 0 amide bonds. The van der Waals surface area contributed by atoms with Crippen molar-refractivity contribution in [3.05, 3.63) is 0 Å². The Morgan fingerprint density at radius 1 is 1.22 bits per heavy atom. The van der Waals surface area contributed by atoms with Gasteiger partial charge in [0.25, 0.3) is 0 Å². The van der Waals surface area contributed by atoms with Crippen LogP contribution in [0.25, 0.3) is 0 Å². The largest absolute Gasteiger partial charge is 0.376 e. The number of ether oxygens (including phenoxy) is 1. The van der Waals surface area contributed by atoms with E-state index in [-0.39, 0.29) is 0 Å². The first kappa shape index (κ1) is 13.7. The third-order valence-corrected chi connectivity index (χ3v) is 4.10. The highest BCUT2D eigenvalue weighted by molar-refractivity contribution is 5.79. The lowest BCUT2D eigenvalue weighted by molar-refractivity contribution is 0.113. The molecule has 1 saturated carbocycles. The number of nitrogens with one attached hydrogen (secondary N) is 2. The Bertz CT molecular complexity index is 266. The van der Waals surface area contributed by atoms with Crippen molar-refractivity contribution in [1.82, 2.24) is 10.6 Å². The van der Waals surface area contributed by atoms with Gasteiger partial charge in [-0.15, -0.1) is 0 Å². The van der Waals surface area contributed by atoms with E-state index in [0.29, 0.717) is 12.1 Å². The second-order valence-electron chi connectivity index (χ2n) is 5.69. The zero-order valence-electron chi connectivity index (χ0n) is 11.7. The van der Waals surface area contributed by atoms with Gasteiger partial charge in [0.15, 0.2) is 5.96 Å². The van der Waals surface area contributed by atoms with Crippen LogP contribution in [0, 0.1) is 5.92 Å². The predicted octanol–water partition coefficient (Wildman–Crippen LogP) is 1.91. The third-order valence-electron chi connectivity index (χ3n) is 4.10. The van der Waals surface area contributed by atoms with Gasteiger partial charge in [-0.3, -0.25) is 4.99 Å². The second-order valence-corrected chi connectivity index (χ2v) is 5.69. The lowest BCUT2D eigenvalue weighted by Gasteiger charge is -2.28. The second kappa shape index (κ2) is 6.98. The minimum absolute atomic E-state index is 0.370. The quantitative estimate of drug-likeness (QED) is 0.596. The Morgan fingerprint density at radius 3 is 2.61 bits per heavy atom. The smallest absolute Gasteiger partial charge is 0.191 e.